The predicted molar refractivity (Wildman–Crippen MR) is 117 cm³/mol. The van der Waals surface area contributed by atoms with E-state index in [0.717, 1.165) is 61.1 Å². The molecule has 1 aliphatic carbocycles. The zero-order chi connectivity index (χ0) is 21.4. The minimum absolute atomic E-state index is 0.0800. The average molecular weight is 424 g/mol. The Morgan fingerprint density at radius 3 is 2.71 bits per heavy atom. The third kappa shape index (κ3) is 3.90. The number of nitrogens with zero attached hydrogens (tertiary/aromatic N) is 4. The van der Waals surface area contributed by atoms with Crippen LogP contribution in [0, 0.1) is 6.92 Å². The number of aryl methyl sites for hydroxylation is 1. The smallest absolute Gasteiger partial charge is 0.258 e. The number of fused-ring (bicyclic) bond motifs is 1. The van der Waals surface area contributed by atoms with Crippen molar-refractivity contribution < 1.29 is 10.0 Å². The quantitative estimate of drug-likeness (QED) is 0.590. The third-order valence-electron chi connectivity index (χ3n) is 7.13. The number of piperidine rings is 1. The molecule has 1 aromatic carbocycles. The number of benzene rings is 1. The number of rotatable bonds is 4. The zero-order valence-electron chi connectivity index (χ0n) is 18.0. The second-order valence-corrected chi connectivity index (χ2v) is 9.19. The highest BCUT2D eigenvalue weighted by atomic mass is 16.3. The summed E-state index contributed by atoms with van der Waals surface area (Å²) in [6.45, 7) is 3.58. The number of likely N-dealkylation sites (tertiary alicyclic amines) is 1. The minimum atomic E-state index is -0.267. The van der Waals surface area contributed by atoms with E-state index in [1.165, 1.54) is 24.2 Å². The van der Waals surface area contributed by atoms with Crippen LogP contribution in [-0.4, -0.2) is 49.5 Å². The van der Waals surface area contributed by atoms with Crippen LogP contribution in [0.1, 0.15) is 74.0 Å². The van der Waals surface area contributed by atoms with E-state index in [-0.39, 0.29) is 23.7 Å². The Bertz CT molecular complexity index is 1110. The molecule has 2 aromatic heterocycles. The van der Waals surface area contributed by atoms with Crippen molar-refractivity contribution in [3.8, 4) is 0 Å². The lowest BCUT2D eigenvalue weighted by Gasteiger charge is -2.33. The molecule has 164 valence electrons. The first kappa shape index (κ1) is 20.3. The Balaban J connectivity index is 1.63. The number of hydrogen-bond donors (Lipinski definition) is 3. The van der Waals surface area contributed by atoms with Crippen LogP contribution < -0.4 is 10.5 Å². The lowest BCUT2D eigenvalue weighted by Crippen LogP contribution is -3.14. The van der Waals surface area contributed by atoms with E-state index in [9.17, 15) is 9.90 Å². The number of quaternary nitrogens is 1. The van der Waals surface area contributed by atoms with Crippen molar-refractivity contribution >= 4 is 10.9 Å². The topological polar surface area (TPSA) is 101 Å². The van der Waals surface area contributed by atoms with Gasteiger partial charge in [-0.3, -0.25) is 4.79 Å². The van der Waals surface area contributed by atoms with Crippen molar-refractivity contribution in [2.75, 3.05) is 13.1 Å². The van der Waals surface area contributed by atoms with Crippen molar-refractivity contribution in [2.45, 2.75) is 70.1 Å². The maximum absolute atomic E-state index is 13.3. The van der Waals surface area contributed by atoms with Crippen LogP contribution in [-0.2, 0) is 0 Å². The van der Waals surface area contributed by atoms with Gasteiger partial charge < -0.3 is 15.0 Å². The van der Waals surface area contributed by atoms with Gasteiger partial charge in [0.25, 0.3) is 5.56 Å². The molecule has 5 rings (SSSR count). The number of H-pyrrole nitrogens is 1. The molecular formula is C23H31N6O2+. The van der Waals surface area contributed by atoms with Crippen LogP contribution in [0.5, 0.6) is 0 Å². The summed E-state index contributed by atoms with van der Waals surface area (Å²) in [6.07, 6.45) is 6.97. The molecule has 3 heterocycles. The first-order valence-corrected chi connectivity index (χ1v) is 11.5. The summed E-state index contributed by atoms with van der Waals surface area (Å²) in [5.41, 5.74) is 2.56. The molecule has 0 bridgehead atoms. The molecule has 1 atom stereocenters. The Labute approximate surface area is 181 Å². The van der Waals surface area contributed by atoms with Gasteiger partial charge in [-0.1, -0.05) is 37.5 Å². The Morgan fingerprint density at radius 1 is 1.16 bits per heavy atom. The number of aliphatic hydroxyl groups is 1. The second kappa shape index (κ2) is 8.51. The van der Waals surface area contributed by atoms with Gasteiger partial charge in [0.1, 0.15) is 0 Å². The lowest BCUT2D eigenvalue weighted by molar-refractivity contribution is -0.932. The van der Waals surface area contributed by atoms with E-state index >= 15 is 0 Å². The van der Waals surface area contributed by atoms with E-state index < -0.39 is 0 Å². The normalized spacial score (nSPS) is 23.8. The first-order chi connectivity index (χ1) is 15.1. The molecule has 8 heteroatoms. The molecule has 0 amide bonds. The number of aromatic amines is 1. The summed E-state index contributed by atoms with van der Waals surface area (Å²) in [7, 11) is 0. The summed E-state index contributed by atoms with van der Waals surface area (Å²) in [4.78, 5) is 17.7. The fourth-order valence-electron chi connectivity index (χ4n) is 5.39. The molecule has 0 spiro atoms. The number of tetrazole rings is 1. The number of pyridine rings is 1. The highest BCUT2D eigenvalue weighted by molar-refractivity contribution is 5.82. The second-order valence-electron chi connectivity index (χ2n) is 9.19. The molecule has 1 saturated heterocycles. The summed E-state index contributed by atoms with van der Waals surface area (Å²) in [5.74, 6) is 0.774. The number of nitrogens with one attached hydrogen (secondary N) is 2. The SMILES string of the molecule is Cc1cccc2cc([C@@H](c3nnnn3C3CCCCC3)[NH+]3CCC(O)CC3)c(=O)[nH]c12. The molecular weight excluding hydrogens is 392 g/mol. The van der Waals surface area contributed by atoms with Crippen molar-refractivity contribution in [1.29, 1.82) is 0 Å². The minimum Gasteiger partial charge on any atom is -0.393 e. The van der Waals surface area contributed by atoms with Crippen molar-refractivity contribution in [1.82, 2.24) is 25.2 Å². The highest BCUT2D eigenvalue weighted by Crippen LogP contribution is 2.30. The average Bonchev–Trinajstić information content (AvgIpc) is 3.26. The predicted octanol–water partition coefficient (Wildman–Crippen LogP) is 1.46. The van der Waals surface area contributed by atoms with Gasteiger partial charge in [-0.15, -0.1) is 5.10 Å². The first-order valence-electron chi connectivity index (χ1n) is 11.5. The standard InChI is InChI=1S/C23H30N6O2/c1-15-6-5-7-16-14-19(23(31)24-20(15)16)21(28-12-10-18(30)11-13-28)22-25-26-27-29(22)17-8-3-2-4-9-17/h5-7,14,17-18,21,30H,2-4,8-13H2,1H3,(H,24,31)/p+1/t21-/m0/s1. The molecule has 1 saturated carbocycles. The zero-order valence-corrected chi connectivity index (χ0v) is 18.0. The van der Waals surface area contributed by atoms with Crippen molar-refractivity contribution in [3.05, 3.63) is 51.6 Å². The summed E-state index contributed by atoms with van der Waals surface area (Å²) < 4.78 is 1.99. The maximum atomic E-state index is 13.3. The van der Waals surface area contributed by atoms with Crippen LogP contribution in [0.4, 0.5) is 0 Å². The Morgan fingerprint density at radius 2 is 1.94 bits per heavy atom. The number of para-hydroxylation sites is 1. The van der Waals surface area contributed by atoms with Crippen LogP contribution in [0.3, 0.4) is 0 Å². The van der Waals surface area contributed by atoms with E-state index in [2.05, 4.69) is 20.5 Å². The maximum Gasteiger partial charge on any atom is 0.258 e. The molecule has 3 N–H and O–H groups in total. The fourth-order valence-corrected chi connectivity index (χ4v) is 5.39. The Kier molecular flexibility index (Phi) is 5.58. The van der Waals surface area contributed by atoms with E-state index in [0.29, 0.717) is 5.56 Å². The van der Waals surface area contributed by atoms with Crippen LogP contribution in [0.2, 0.25) is 0 Å². The van der Waals surface area contributed by atoms with Gasteiger partial charge in [0.2, 0.25) is 5.82 Å². The summed E-state index contributed by atoms with van der Waals surface area (Å²) in [5, 5.41) is 24.0. The third-order valence-corrected chi connectivity index (χ3v) is 7.13. The largest absolute Gasteiger partial charge is 0.393 e. The van der Waals surface area contributed by atoms with Crippen LogP contribution in [0.15, 0.2) is 29.1 Å². The van der Waals surface area contributed by atoms with Gasteiger partial charge in [0, 0.05) is 12.8 Å². The van der Waals surface area contributed by atoms with Gasteiger partial charge in [0.15, 0.2) is 6.04 Å². The van der Waals surface area contributed by atoms with Crippen molar-refractivity contribution in [3.63, 3.8) is 0 Å². The van der Waals surface area contributed by atoms with Gasteiger partial charge >= 0.3 is 0 Å². The van der Waals surface area contributed by atoms with Gasteiger partial charge in [0.05, 0.1) is 36.3 Å². The molecule has 2 aliphatic rings. The highest BCUT2D eigenvalue weighted by Gasteiger charge is 2.37. The molecule has 0 radical (unpaired) electrons. The van der Waals surface area contributed by atoms with Gasteiger partial charge in [-0.25, -0.2) is 4.68 Å². The molecule has 31 heavy (non-hydrogen) atoms. The molecule has 0 unspecified atom stereocenters. The summed E-state index contributed by atoms with van der Waals surface area (Å²) >= 11 is 0. The monoisotopic (exact) mass is 423 g/mol. The van der Waals surface area contributed by atoms with E-state index in [1.54, 1.807) is 0 Å². The van der Waals surface area contributed by atoms with Crippen LogP contribution in [0.25, 0.3) is 10.9 Å². The van der Waals surface area contributed by atoms with E-state index in [1.807, 2.05) is 35.9 Å². The van der Waals surface area contributed by atoms with Crippen molar-refractivity contribution in [2.24, 2.45) is 0 Å². The Hall–Kier alpha value is -2.58. The van der Waals surface area contributed by atoms with E-state index in [4.69, 9.17) is 0 Å². The van der Waals surface area contributed by atoms with Gasteiger partial charge in [-0.05, 0) is 47.2 Å². The number of aromatic nitrogens is 5. The molecule has 1 aliphatic heterocycles. The van der Waals surface area contributed by atoms with Crippen LogP contribution >= 0.6 is 0 Å². The van der Waals surface area contributed by atoms with Gasteiger partial charge in [-0.2, -0.15) is 0 Å². The number of aliphatic hydroxyl groups excluding tert-OH is 1. The molecule has 2 fully saturated rings. The lowest BCUT2D eigenvalue weighted by atomic mass is 9.94. The fraction of sp³-hybridized carbons (Fsp3) is 0.565. The molecule has 3 aromatic rings. The summed E-state index contributed by atoms with van der Waals surface area (Å²) in [6, 6.07) is 8.12. The number of hydrogen-bond acceptors (Lipinski definition) is 5. The molecule has 8 nitrogen and oxygen atoms in total.